The summed E-state index contributed by atoms with van der Waals surface area (Å²) in [6, 6.07) is 0. The molecule has 0 aromatic carbocycles. The third-order valence-corrected chi connectivity index (χ3v) is 3.47. The Kier molecular flexibility index (Phi) is 2.93. The summed E-state index contributed by atoms with van der Waals surface area (Å²) in [6.07, 6.45) is 1.67. The highest BCUT2D eigenvalue weighted by molar-refractivity contribution is 7.13. The molecule has 0 aliphatic rings. The van der Waals surface area contributed by atoms with Gasteiger partial charge in [0.2, 0.25) is 0 Å². The van der Waals surface area contributed by atoms with E-state index in [1.165, 1.54) is 11.3 Å². The van der Waals surface area contributed by atoms with Crippen LogP contribution in [-0.2, 0) is 5.60 Å². The van der Waals surface area contributed by atoms with Crippen LogP contribution < -0.4 is 4.74 Å². The van der Waals surface area contributed by atoms with Crippen LogP contribution in [0.1, 0.15) is 25.6 Å². The van der Waals surface area contributed by atoms with Gasteiger partial charge in [-0.25, -0.2) is 4.98 Å². The highest BCUT2D eigenvalue weighted by atomic mass is 32.1. The molecule has 1 unspecified atom stereocenters. The Labute approximate surface area is 82.4 Å². The molecule has 0 saturated heterocycles. The van der Waals surface area contributed by atoms with Gasteiger partial charge in [-0.1, -0.05) is 25.2 Å². The van der Waals surface area contributed by atoms with E-state index < -0.39 is 5.60 Å². The molecular weight excluding hydrogens is 186 g/mol. The van der Waals surface area contributed by atoms with Gasteiger partial charge in [-0.15, -0.1) is 0 Å². The minimum Gasteiger partial charge on any atom is -0.473 e. The average Bonchev–Trinajstić information content (AvgIpc) is 2.51. The Morgan fingerprint density at radius 2 is 2.23 bits per heavy atom. The molecule has 0 bridgehead atoms. The van der Waals surface area contributed by atoms with Gasteiger partial charge < -0.3 is 9.84 Å². The molecule has 0 aliphatic carbocycles. The lowest BCUT2D eigenvalue weighted by molar-refractivity contribution is 0.0124. The van der Waals surface area contributed by atoms with Crippen molar-refractivity contribution in [1.82, 2.24) is 4.98 Å². The van der Waals surface area contributed by atoms with Crippen LogP contribution in [0.5, 0.6) is 5.19 Å². The molecule has 0 radical (unpaired) electrons. The SMILES string of the molecule is COc1ncc(C(C)(O)C(C)C)s1. The summed E-state index contributed by atoms with van der Waals surface area (Å²) in [4.78, 5) is 4.87. The summed E-state index contributed by atoms with van der Waals surface area (Å²) in [5, 5.41) is 10.7. The molecule has 0 saturated carbocycles. The number of aliphatic hydroxyl groups is 1. The maximum atomic E-state index is 10.1. The van der Waals surface area contributed by atoms with Gasteiger partial charge in [0.05, 0.1) is 17.6 Å². The zero-order valence-corrected chi connectivity index (χ0v) is 9.18. The van der Waals surface area contributed by atoms with E-state index in [1.807, 2.05) is 13.8 Å². The van der Waals surface area contributed by atoms with Gasteiger partial charge in [0.25, 0.3) is 5.19 Å². The lowest BCUT2D eigenvalue weighted by Crippen LogP contribution is -2.26. The summed E-state index contributed by atoms with van der Waals surface area (Å²) in [6.45, 7) is 5.75. The van der Waals surface area contributed by atoms with Crippen LogP contribution >= 0.6 is 11.3 Å². The zero-order valence-electron chi connectivity index (χ0n) is 8.37. The Balaban J connectivity index is 2.93. The third-order valence-electron chi connectivity index (χ3n) is 2.28. The van der Waals surface area contributed by atoms with Gasteiger partial charge in [0.15, 0.2) is 0 Å². The Bertz CT molecular complexity index is 281. The first kappa shape index (κ1) is 10.5. The van der Waals surface area contributed by atoms with Crippen molar-refractivity contribution in [3.63, 3.8) is 0 Å². The molecule has 0 aliphatic heterocycles. The van der Waals surface area contributed by atoms with E-state index in [9.17, 15) is 5.11 Å². The molecule has 1 atom stereocenters. The van der Waals surface area contributed by atoms with E-state index in [2.05, 4.69) is 4.98 Å². The second-order valence-corrected chi connectivity index (χ2v) is 4.49. The van der Waals surface area contributed by atoms with Crippen molar-refractivity contribution in [2.24, 2.45) is 5.92 Å². The molecule has 1 aromatic rings. The predicted octanol–water partition coefficient (Wildman–Crippen LogP) is 2.02. The van der Waals surface area contributed by atoms with E-state index in [1.54, 1.807) is 20.2 Å². The summed E-state index contributed by atoms with van der Waals surface area (Å²) in [5.74, 6) is 0.164. The standard InChI is InChI=1S/C9H15NO2S/c1-6(2)9(3,11)7-5-10-8(12-4)13-7/h5-6,11H,1-4H3. The molecule has 1 rings (SSSR count). The summed E-state index contributed by atoms with van der Waals surface area (Å²) >= 11 is 1.38. The number of rotatable bonds is 3. The van der Waals surface area contributed by atoms with E-state index in [-0.39, 0.29) is 5.92 Å². The molecule has 0 spiro atoms. The van der Waals surface area contributed by atoms with Gasteiger partial charge in [0, 0.05) is 6.20 Å². The zero-order chi connectivity index (χ0) is 10.1. The first-order valence-electron chi connectivity index (χ1n) is 4.21. The molecular formula is C9H15NO2S. The third kappa shape index (κ3) is 2.00. The summed E-state index contributed by atoms with van der Waals surface area (Å²) < 4.78 is 4.97. The fourth-order valence-corrected chi connectivity index (χ4v) is 1.80. The second kappa shape index (κ2) is 3.64. The molecule has 13 heavy (non-hydrogen) atoms. The number of aromatic nitrogens is 1. The van der Waals surface area contributed by atoms with Gasteiger partial charge in [0.1, 0.15) is 0 Å². The number of ether oxygens (including phenoxy) is 1. The minimum absolute atomic E-state index is 0.164. The normalized spacial score (nSPS) is 15.8. The van der Waals surface area contributed by atoms with Crippen LogP contribution in [0.3, 0.4) is 0 Å². The number of thiazole rings is 1. The fourth-order valence-electron chi connectivity index (χ4n) is 0.871. The maximum absolute atomic E-state index is 10.1. The average molecular weight is 201 g/mol. The number of nitrogens with zero attached hydrogens (tertiary/aromatic N) is 1. The van der Waals surface area contributed by atoms with Crippen molar-refractivity contribution in [3.05, 3.63) is 11.1 Å². The molecule has 1 heterocycles. The van der Waals surface area contributed by atoms with E-state index in [4.69, 9.17) is 4.74 Å². The van der Waals surface area contributed by atoms with Crippen molar-refractivity contribution in [2.75, 3.05) is 7.11 Å². The predicted molar refractivity (Wildman–Crippen MR) is 53.1 cm³/mol. The second-order valence-electron chi connectivity index (χ2n) is 3.50. The molecule has 3 nitrogen and oxygen atoms in total. The Hall–Kier alpha value is -0.610. The summed E-state index contributed by atoms with van der Waals surface area (Å²) in [7, 11) is 1.58. The van der Waals surface area contributed by atoms with Gasteiger partial charge in [-0.2, -0.15) is 0 Å². The van der Waals surface area contributed by atoms with Gasteiger partial charge >= 0.3 is 0 Å². The van der Waals surface area contributed by atoms with Crippen molar-refractivity contribution in [1.29, 1.82) is 0 Å². The van der Waals surface area contributed by atoms with E-state index in [0.717, 1.165) is 4.88 Å². The molecule has 0 fully saturated rings. The van der Waals surface area contributed by atoms with E-state index in [0.29, 0.717) is 5.19 Å². The quantitative estimate of drug-likeness (QED) is 0.813. The number of methoxy groups -OCH3 is 1. The van der Waals surface area contributed by atoms with Crippen LogP contribution in [0, 0.1) is 5.92 Å². The lowest BCUT2D eigenvalue weighted by atomic mass is 9.92. The molecule has 1 N–H and O–H groups in total. The van der Waals surface area contributed by atoms with Crippen LogP contribution in [0.2, 0.25) is 0 Å². The van der Waals surface area contributed by atoms with Crippen LogP contribution in [0.15, 0.2) is 6.20 Å². The Morgan fingerprint density at radius 1 is 1.62 bits per heavy atom. The minimum atomic E-state index is -0.811. The van der Waals surface area contributed by atoms with Crippen molar-refractivity contribution >= 4 is 11.3 Å². The van der Waals surface area contributed by atoms with Crippen LogP contribution in [0.25, 0.3) is 0 Å². The summed E-state index contributed by atoms with van der Waals surface area (Å²) in [5.41, 5.74) is -0.811. The molecule has 1 aromatic heterocycles. The largest absolute Gasteiger partial charge is 0.473 e. The fraction of sp³-hybridized carbons (Fsp3) is 0.667. The number of hydrogen-bond acceptors (Lipinski definition) is 4. The maximum Gasteiger partial charge on any atom is 0.273 e. The smallest absolute Gasteiger partial charge is 0.273 e. The monoisotopic (exact) mass is 201 g/mol. The topological polar surface area (TPSA) is 42.4 Å². The van der Waals surface area contributed by atoms with Crippen LogP contribution in [-0.4, -0.2) is 17.2 Å². The van der Waals surface area contributed by atoms with Crippen molar-refractivity contribution in [3.8, 4) is 5.19 Å². The van der Waals surface area contributed by atoms with Gasteiger partial charge in [-0.3, -0.25) is 0 Å². The number of hydrogen-bond donors (Lipinski definition) is 1. The molecule has 0 amide bonds. The lowest BCUT2D eigenvalue weighted by Gasteiger charge is -2.25. The first-order chi connectivity index (χ1) is 5.98. The first-order valence-corrected chi connectivity index (χ1v) is 5.02. The van der Waals surface area contributed by atoms with Crippen molar-refractivity contribution < 1.29 is 9.84 Å². The van der Waals surface area contributed by atoms with Crippen molar-refractivity contribution in [2.45, 2.75) is 26.4 Å². The van der Waals surface area contributed by atoms with Crippen LogP contribution in [0.4, 0.5) is 0 Å². The molecule has 4 heteroatoms. The van der Waals surface area contributed by atoms with Gasteiger partial charge in [-0.05, 0) is 12.8 Å². The molecule has 74 valence electrons. The van der Waals surface area contributed by atoms with E-state index >= 15 is 0 Å². The highest BCUT2D eigenvalue weighted by Crippen LogP contribution is 2.34. The Morgan fingerprint density at radius 3 is 2.62 bits per heavy atom. The highest BCUT2D eigenvalue weighted by Gasteiger charge is 2.29.